The van der Waals surface area contributed by atoms with E-state index in [0.29, 0.717) is 6.54 Å². The monoisotopic (exact) mass is 390 g/mol. The molecule has 0 saturated carbocycles. The maximum atomic E-state index is 12.4. The lowest BCUT2D eigenvalue weighted by molar-refractivity contribution is -0.892. The van der Waals surface area contributed by atoms with Crippen LogP contribution in [0.15, 0.2) is 79.0 Å². The van der Waals surface area contributed by atoms with Crippen molar-refractivity contribution in [2.24, 2.45) is 0 Å². The number of para-hydroxylation sites is 1. The molecule has 1 aliphatic rings. The van der Waals surface area contributed by atoms with E-state index >= 15 is 0 Å². The molecule has 0 aliphatic carbocycles. The van der Waals surface area contributed by atoms with Gasteiger partial charge in [0.2, 0.25) is 0 Å². The minimum atomic E-state index is 0.0384. The summed E-state index contributed by atoms with van der Waals surface area (Å²) in [5.41, 5.74) is 0.785. The first kappa shape index (κ1) is 19.0. The van der Waals surface area contributed by atoms with Crippen LogP contribution in [-0.2, 0) is 4.79 Å². The van der Waals surface area contributed by atoms with Crippen molar-refractivity contribution in [3.8, 4) is 11.5 Å². The number of amides is 1. The zero-order valence-electron chi connectivity index (χ0n) is 16.3. The first-order valence-electron chi connectivity index (χ1n) is 9.94. The summed E-state index contributed by atoms with van der Waals surface area (Å²) >= 11 is 0. The standard InChI is InChI=1S/C23H24N4O2/c28-23(18-26-14-16-27(17-15-26)22-8-4-5-13-24-22)25-19-9-11-21(12-10-19)29-20-6-2-1-3-7-20/h1-13H,14-18H2,(H,25,28)/p+2. The van der Waals surface area contributed by atoms with Crippen LogP contribution in [0.3, 0.4) is 0 Å². The number of carbonyl (C=O) groups is 1. The largest absolute Gasteiger partial charge is 0.457 e. The van der Waals surface area contributed by atoms with E-state index in [-0.39, 0.29) is 5.91 Å². The van der Waals surface area contributed by atoms with Crippen LogP contribution < -0.4 is 24.8 Å². The summed E-state index contributed by atoms with van der Waals surface area (Å²) in [5, 5.41) is 2.99. The lowest BCUT2D eigenvalue weighted by Gasteiger charge is -2.27. The highest BCUT2D eigenvalue weighted by Crippen LogP contribution is 2.22. The topological polar surface area (TPSA) is 60.2 Å². The Morgan fingerprint density at radius 3 is 2.31 bits per heavy atom. The Kier molecular flexibility index (Phi) is 6.02. The summed E-state index contributed by atoms with van der Waals surface area (Å²) in [7, 11) is 0. The van der Waals surface area contributed by atoms with Gasteiger partial charge in [0.15, 0.2) is 6.54 Å². The lowest BCUT2D eigenvalue weighted by atomic mass is 10.2. The van der Waals surface area contributed by atoms with Gasteiger partial charge in [-0.25, -0.2) is 4.98 Å². The minimum Gasteiger partial charge on any atom is -0.457 e. The molecule has 6 heteroatoms. The number of hydrogen-bond acceptors (Lipinski definition) is 3. The SMILES string of the molecule is O=C(C[NH+]1CCN(c2cccc[nH+]2)CC1)Nc1ccc(Oc2ccccc2)cc1. The summed E-state index contributed by atoms with van der Waals surface area (Å²) in [6.07, 6.45) is 1.94. The predicted molar refractivity (Wildman–Crippen MR) is 112 cm³/mol. The third-order valence-corrected chi connectivity index (χ3v) is 5.03. The molecule has 0 spiro atoms. The Morgan fingerprint density at radius 2 is 1.62 bits per heavy atom. The first-order chi connectivity index (χ1) is 14.3. The van der Waals surface area contributed by atoms with E-state index in [9.17, 15) is 4.79 Å². The van der Waals surface area contributed by atoms with Crippen LogP contribution in [-0.4, -0.2) is 38.6 Å². The van der Waals surface area contributed by atoms with Crippen LogP contribution in [0.5, 0.6) is 11.5 Å². The van der Waals surface area contributed by atoms with E-state index in [1.807, 2.05) is 72.9 Å². The van der Waals surface area contributed by atoms with Crippen molar-refractivity contribution in [1.82, 2.24) is 0 Å². The number of aromatic nitrogens is 1. The number of aromatic amines is 1. The molecule has 0 atom stereocenters. The van der Waals surface area contributed by atoms with Crippen LogP contribution in [0.25, 0.3) is 0 Å². The molecule has 1 fully saturated rings. The van der Waals surface area contributed by atoms with Gasteiger partial charge in [0.1, 0.15) is 37.7 Å². The number of H-pyrrole nitrogens is 1. The Morgan fingerprint density at radius 1 is 0.931 bits per heavy atom. The van der Waals surface area contributed by atoms with Gasteiger partial charge in [-0.05, 0) is 42.5 Å². The molecule has 3 N–H and O–H groups in total. The molecule has 29 heavy (non-hydrogen) atoms. The predicted octanol–water partition coefficient (Wildman–Crippen LogP) is 1.64. The summed E-state index contributed by atoms with van der Waals surface area (Å²) in [6.45, 7) is 4.25. The normalized spacial score (nSPS) is 14.4. The molecular formula is C23H26N4O2+2. The van der Waals surface area contributed by atoms with Gasteiger partial charge in [-0.15, -0.1) is 0 Å². The number of anilines is 2. The van der Waals surface area contributed by atoms with E-state index in [0.717, 1.165) is 49.2 Å². The number of rotatable bonds is 6. The van der Waals surface area contributed by atoms with Gasteiger partial charge in [-0.2, -0.15) is 0 Å². The highest BCUT2D eigenvalue weighted by atomic mass is 16.5. The molecule has 0 unspecified atom stereocenters. The number of benzene rings is 2. The fourth-order valence-corrected chi connectivity index (χ4v) is 3.48. The molecule has 3 aromatic rings. The number of nitrogens with one attached hydrogen (secondary N) is 3. The molecule has 4 rings (SSSR count). The molecule has 0 bridgehead atoms. The fourth-order valence-electron chi connectivity index (χ4n) is 3.48. The van der Waals surface area contributed by atoms with Crippen LogP contribution in [0, 0.1) is 0 Å². The number of ether oxygens (including phenoxy) is 1. The van der Waals surface area contributed by atoms with Gasteiger partial charge < -0.3 is 15.0 Å². The second-order valence-corrected chi connectivity index (χ2v) is 7.15. The molecule has 1 saturated heterocycles. The quantitative estimate of drug-likeness (QED) is 0.673. The Hall–Kier alpha value is -3.38. The van der Waals surface area contributed by atoms with Gasteiger partial charge in [0, 0.05) is 11.8 Å². The maximum absolute atomic E-state index is 12.4. The molecular weight excluding hydrogens is 364 g/mol. The van der Waals surface area contributed by atoms with Gasteiger partial charge >= 0.3 is 0 Å². The van der Waals surface area contributed by atoms with Crippen LogP contribution in [0.2, 0.25) is 0 Å². The number of piperazine rings is 1. The molecule has 1 aliphatic heterocycles. The molecule has 1 amide bonds. The first-order valence-corrected chi connectivity index (χ1v) is 9.94. The minimum absolute atomic E-state index is 0.0384. The van der Waals surface area contributed by atoms with Crippen molar-refractivity contribution < 1.29 is 19.4 Å². The highest BCUT2D eigenvalue weighted by molar-refractivity contribution is 5.91. The summed E-state index contributed by atoms with van der Waals surface area (Å²) in [5.74, 6) is 2.71. The summed E-state index contributed by atoms with van der Waals surface area (Å²) in [4.78, 5) is 19.3. The van der Waals surface area contributed by atoms with Crippen molar-refractivity contribution in [3.05, 3.63) is 79.0 Å². The van der Waals surface area contributed by atoms with Crippen LogP contribution in [0.4, 0.5) is 11.5 Å². The smallest absolute Gasteiger partial charge is 0.279 e. The number of hydrogen-bond donors (Lipinski definition) is 2. The number of carbonyl (C=O) groups excluding carboxylic acids is 1. The maximum Gasteiger partial charge on any atom is 0.279 e. The van der Waals surface area contributed by atoms with E-state index in [1.54, 1.807) is 0 Å². The summed E-state index contributed by atoms with van der Waals surface area (Å²) < 4.78 is 5.78. The number of quaternary nitrogens is 1. The second kappa shape index (κ2) is 9.21. The summed E-state index contributed by atoms with van der Waals surface area (Å²) in [6, 6.07) is 23.2. The van der Waals surface area contributed by atoms with Gasteiger partial charge in [0.25, 0.3) is 11.7 Å². The molecule has 2 aromatic carbocycles. The third kappa shape index (κ3) is 5.33. The van der Waals surface area contributed by atoms with E-state index in [2.05, 4.69) is 21.3 Å². The Balaban J connectivity index is 1.24. The van der Waals surface area contributed by atoms with Crippen LogP contribution in [0.1, 0.15) is 0 Å². The Bertz CT molecular complexity index is 909. The van der Waals surface area contributed by atoms with Crippen molar-refractivity contribution in [1.29, 1.82) is 0 Å². The van der Waals surface area contributed by atoms with Gasteiger partial charge in [-0.3, -0.25) is 9.69 Å². The molecule has 148 valence electrons. The van der Waals surface area contributed by atoms with Crippen LogP contribution >= 0.6 is 0 Å². The lowest BCUT2D eigenvalue weighted by Crippen LogP contribution is -3.15. The third-order valence-electron chi connectivity index (χ3n) is 5.03. The number of pyridine rings is 1. The van der Waals surface area contributed by atoms with Crippen molar-refractivity contribution in [2.75, 3.05) is 42.9 Å². The average molecular weight is 390 g/mol. The van der Waals surface area contributed by atoms with E-state index in [4.69, 9.17) is 4.74 Å². The molecule has 1 aromatic heterocycles. The van der Waals surface area contributed by atoms with Gasteiger partial charge in [-0.1, -0.05) is 24.3 Å². The number of nitrogens with zero attached hydrogens (tertiary/aromatic N) is 1. The zero-order chi connectivity index (χ0) is 19.9. The molecule has 2 heterocycles. The van der Waals surface area contributed by atoms with E-state index in [1.165, 1.54) is 4.90 Å². The van der Waals surface area contributed by atoms with Crippen molar-refractivity contribution >= 4 is 17.4 Å². The Labute approximate surface area is 170 Å². The average Bonchev–Trinajstić information content (AvgIpc) is 2.77. The van der Waals surface area contributed by atoms with Crippen molar-refractivity contribution in [2.45, 2.75) is 0 Å². The fraction of sp³-hybridized carbons (Fsp3) is 0.217. The van der Waals surface area contributed by atoms with Gasteiger partial charge in [0.05, 0.1) is 6.20 Å². The van der Waals surface area contributed by atoms with E-state index < -0.39 is 0 Å². The molecule has 0 radical (unpaired) electrons. The molecule has 6 nitrogen and oxygen atoms in total. The second-order valence-electron chi connectivity index (χ2n) is 7.15. The zero-order valence-corrected chi connectivity index (χ0v) is 16.3. The highest BCUT2D eigenvalue weighted by Gasteiger charge is 2.27. The van der Waals surface area contributed by atoms with Crippen molar-refractivity contribution in [3.63, 3.8) is 0 Å².